The van der Waals surface area contributed by atoms with Gasteiger partial charge in [-0.15, -0.1) is 0 Å². The topological polar surface area (TPSA) is 87.1 Å². The molecule has 1 aliphatic rings. The van der Waals surface area contributed by atoms with Crippen molar-refractivity contribution in [1.29, 1.82) is 0 Å². The first-order valence-electron chi connectivity index (χ1n) is 6.87. The van der Waals surface area contributed by atoms with Crippen LogP contribution in [0.15, 0.2) is 24.3 Å². The number of hydrogen-bond donors (Lipinski definition) is 2. The molecule has 0 radical (unpaired) electrons. The fourth-order valence-corrected chi connectivity index (χ4v) is 2.65. The highest BCUT2D eigenvalue weighted by Crippen LogP contribution is 2.31. The van der Waals surface area contributed by atoms with E-state index in [-0.39, 0.29) is 5.92 Å². The summed E-state index contributed by atoms with van der Waals surface area (Å²) in [7, 11) is 1.31. The molecule has 1 unspecified atom stereocenters. The minimum atomic E-state index is -0.921. The van der Waals surface area contributed by atoms with Crippen LogP contribution in [0.1, 0.15) is 34.9 Å². The van der Waals surface area contributed by atoms with E-state index in [9.17, 15) is 14.7 Å². The highest BCUT2D eigenvalue weighted by atomic mass is 16.5. The largest absolute Gasteiger partial charge is 0.465 e. The summed E-state index contributed by atoms with van der Waals surface area (Å²) in [6.45, 7) is 0.849. The van der Waals surface area contributed by atoms with Gasteiger partial charge < -0.3 is 19.8 Å². The minimum absolute atomic E-state index is 0.00602. The van der Waals surface area contributed by atoms with E-state index >= 15 is 0 Å². The van der Waals surface area contributed by atoms with E-state index in [4.69, 9.17) is 5.11 Å². The molecule has 0 bridgehead atoms. The predicted octanol–water partition coefficient (Wildman–Crippen LogP) is 1.90. The second-order valence-electron chi connectivity index (χ2n) is 5.17. The number of aliphatic hydroxyl groups is 1. The van der Waals surface area contributed by atoms with Gasteiger partial charge in [0.15, 0.2) is 0 Å². The SMILES string of the molecule is COC(=O)c1cccc(C(O)C2CCN(C(=O)O)CC2)c1. The smallest absolute Gasteiger partial charge is 0.407 e. The second-order valence-corrected chi connectivity index (χ2v) is 5.17. The van der Waals surface area contributed by atoms with Gasteiger partial charge in [-0.1, -0.05) is 12.1 Å². The van der Waals surface area contributed by atoms with Crippen molar-refractivity contribution < 1.29 is 24.5 Å². The van der Waals surface area contributed by atoms with Gasteiger partial charge in [-0.25, -0.2) is 9.59 Å². The third-order valence-electron chi connectivity index (χ3n) is 3.91. The van der Waals surface area contributed by atoms with Crippen LogP contribution in [0.4, 0.5) is 4.79 Å². The molecule has 21 heavy (non-hydrogen) atoms. The number of methoxy groups -OCH3 is 1. The number of ether oxygens (including phenoxy) is 1. The third kappa shape index (κ3) is 3.52. The van der Waals surface area contributed by atoms with Gasteiger partial charge in [0.1, 0.15) is 0 Å². The van der Waals surface area contributed by atoms with Crippen molar-refractivity contribution in [3.8, 4) is 0 Å². The fourth-order valence-electron chi connectivity index (χ4n) is 2.65. The Kier molecular flexibility index (Phi) is 4.80. The Hall–Kier alpha value is -2.08. The lowest BCUT2D eigenvalue weighted by molar-refractivity contribution is 0.0563. The highest BCUT2D eigenvalue weighted by molar-refractivity contribution is 5.89. The number of nitrogens with zero attached hydrogens (tertiary/aromatic N) is 1. The van der Waals surface area contributed by atoms with Gasteiger partial charge in [-0.3, -0.25) is 0 Å². The number of aliphatic hydroxyl groups excluding tert-OH is 1. The molecule has 1 fully saturated rings. The van der Waals surface area contributed by atoms with Crippen LogP contribution in [-0.4, -0.2) is 47.4 Å². The van der Waals surface area contributed by atoms with Crippen molar-refractivity contribution in [2.75, 3.05) is 20.2 Å². The summed E-state index contributed by atoms with van der Waals surface area (Å²) in [6.07, 6.45) is -0.410. The molecule has 0 spiro atoms. The number of carbonyl (C=O) groups is 2. The zero-order valence-electron chi connectivity index (χ0n) is 11.9. The molecule has 1 heterocycles. The van der Waals surface area contributed by atoms with E-state index in [1.165, 1.54) is 12.0 Å². The summed E-state index contributed by atoms with van der Waals surface area (Å²) >= 11 is 0. The van der Waals surface area contributed by atoms with E-state index in [0.717, 1.165) is 0 Å². The molecule has 0 saturated carbocycles. The maximum atomic E-state index is 11.5. The molecule has 0 aliphatic carbocycles. The van der Waals surface area contributed by atoms with Gasteiger partial charge in [0.25, 0.3) is 0 Å². The van der Waals surface area contributed by atoms with Crippen LogP contribution in [0.2, 0.25) is 0 Å². The van der Waals surface area contributed by atoms with Crippen LogP contribution in [0.3, 0.4) is 0 Å². The first-order chi connectivity index (χ1) is 10.0. The zero-order chi connectivity index (χ0) is 15.4. The van der Waals surface area contributed by atoms with Gasteiger partial charge in [0.05, 0.1) is 18.8 Å². The summed E-state index contributed by atoms with van der Waals surface area (Å²) in [4.78, 5) is 23.7. The monoisotopic (exact) mass is 293 g/mol. The molecule has 1 aromatic carbocycles. The molecule has 1 aromatic rings. The number of hydrogen-bond acceptors (Lipinski definition) is 4. The van der Waals surface area contributed by atoms with Crippen molar-refractivity contribution in [2.24, 2.45) is 5.92 Å². The van der Waals surface area contributed by atoms with Crippen molar-refractivity contribution in [2.45, 2.75) is 18.9 Å². The molecule has 6 heteroatoms. The Morgan fingerprint density at radius 2 is 2.00 bits per heavy atom. The molecular formula is C15H19NO5. The molecule has 1 atom stereocenters. The molecule has 6 nitrogen and oxygen atoms in total. The number of rotatable bonds is 3. The zero-order valence-corrected chi connectivity index (χ0v) is 11.9. The van der Waals surface area contributed by atoms with Crippen molar-refractivity contribution in [1.82, 2.24) is 4.90 Å². The molecule has 1 saturated heterocycles. The van der Waals surface area contributed by atoms with Gasteiger partial charge in [-0.05, 0) is 36.5 Å². The van der Waals surface area contributed by atoms with E-state index in [1.54, 1.807) is 24.3 Å². The Balaban J connectivity index is 2.05. The molecule has 1 aliphatic heterocycles. The Morgan fingerprint density at radius 1 is 1.33 bits per heavy atom. The molecule has 1 amide bonds. The number of piperidine rings is 1. The molecule has 2 N–H and O–H groups in total. The van der Waals surface area contributed by atoms with Gasteiger partial charge in [0, 0.05) is 13.1 Å². The maximum absolute atomic E-state index is 11.5. The quantitative estimate of drug-likeness (QED) is 0.831. The van der Waals surface area contributed by atoms with Crippen LogP contribution < -0.4 is 0 Å². The molecule has 0 aromatic heterocycles. The first kappa shape index (κ1) is 15.3. The molecule has 2 rings (SSSR count). The van der Waals surface area contributed by atoms with Crippen LogP contribution in [0.5, 0.6) is 0 Å². The predicted molar refractivity (Wildman–Crippen MR) is 75.1 cm³/mol. The molecular weight excluding hydrogens is 274 g/mol. The van der Waals surface area contributed by atoms with Crippen LogP contribution >= 0.6 is 0 Å². The summed E-state index contributed by atoms with van der Waals surface area (Å²) < 4.78 is 4.66. The summed E-state index contributed by atoms with van der Waals surface area (Å²) in [5.41, 5.74) is 1.06. The third-order valence-corrected chi connectivity index (χ3v) is 3.91. The average molecular weight is 293 g/mol. The lowest BCUT2D eigenvalue weighted by Crippen LogP contribution is -2.38. The summed E-state index contributed by atoms with van der Waals surface area (Å²) in [5, 5.41) is 19.3. The Bertz CT molecular complexity index is 523. The standard InChI is InChI=1S/C15H19NO5/c1-21-14(18)12-4-2-3-11(9-12)13(17)10-5-7-16(8-6-10)15(19)20/h2-4,9-10,13,17H,5-8H2,1H3,(H,19,20). The molecule has 114 valence electrons. The van der Waals surface area contributed by atoms with Gasteiger partial charge in [0.2, 0.25) is 0 Å². The van der Waals surface area contributed by atoms with Gasteiger partial charge in [-0.2, -0.15) is 0 Å². The lowest BCUT2D eigenvalue weighted by atomic mass is 9.87. The number of carbonyl (C=O) groups excluding carboxylic acids is 1. The van der Waals surface area contributed by atoms with Crippen molar-refractivity contribution >= 4 is 12.1 Å². The Morgan fingerprint density at radius 3 is 2.57 bits per heavy atom. The number of carboxylic acid groups (broad SMARTS) is 1. The highest BCUT2D eigenvalue weighted by Gasteiger charge is 2.28. The summed E-state index contributed by atoms with van der Waals surface area (Å²) in [5.74, 6) is -0.446. The fraction of sp³-hybridized carbons (Fsp3) is 0.467. The summed E-state index contributed by atoms with van der Waals surface area (Å²) in [6, 6.07) is 6.73. The number of esters is 1. The van der Waals surface area contributed by atoms with E-state index in [0.29, 0.717) is 37.1 Å². The first-order valence-corrected chi connectivity index (χ1v) is 6.87. The van der Waals surface area contributed by atoms with E-state index in [1.807, 2.05) is 0 Å². The minimum Gasteiger partial charge on any atom is -0.465 e. The van der Waals surface area contributed by atoms with E-state index < -0.39 is 18.2 Å². The van der Waals surface area contributed by atoms with Gasteiger partial charge >= 0.3 is 12.1 Å². The van der Waals surface area contributed by atoms with Crippen LogP contribution in [-0.2, 0) is 4.74 Å². The normalized spacial score (nSPS) is 17.3. The van der Waals surface area contributed by atoms with Crippen molar-refractivity contribution in [3.05, 3.63) is 35.4 Å². The number of benzene rings is 1. The average Bonchev–Trinajstić information content (AvgIpc) is 2.53. The lowest BCUT2D eigenvalue weighted by Gasteiger charge is -2.32. The van der Waals surface area contributed by atoms with E-state index in [2.05, 4.69) is 4.74 Å². The second kappa shape index (κ2) is 6.58. The van der Waals surface area contributed by atoms with Crippen LogP contribution in [0.25, 0.3) is 0 Å². The maximum Gasteiger partial charge on any atom is 0.407 e. The number of likely N-dealkylation sites (tertiary alicyclic amines) is 1. The number of amides is 1. The van der Waals surface area contributed by atoms with Crippen molar-refractivity contribution in [3.63, 3.8) is 0 Å². The van der Waals surface area contributed by atoms with Crippen LogP contribution in [0, 0.1) is 5.92 Å². The Labute approximate surface area is 122 Å².